The lowest BCUT2D eigenvalue weighted by atomic mass is 10.1. The third kappa shape index (κ3) is 4.90. The smallest absolute Gasteiger partial charge is 0.268 e. The van der Waals surface area contributed by atoms with Gasteiger partial charge in [-0.15, -0.1) is 10.2 Å². The van der Waals surface area contributed by atoms with E-state index >= 15 is 0 Å². The second-order valence-corrected chi connectivity index (χ2v) is 11.2. The molecule has 0 fully saturated rings. The van der Waals surface area contributed by atoms with E-state index in [1.165, 1.54) is 5.56 Å². The summed E-state index contributed by atoms with van der Waals surface area (Å²) in [5.74, 6) is 0.680. The molecule has 0 saturated heterocycles. The molecule has 0 N–H and O–H groups in total. The number of nitrogens with zero attached hydrogens (tertiary/aromatic N) is 5. The first-order valence-electron chi connectivity index (χ1n) is 10.9. The highest BCUT2D eigenvalue weighted by Gasteiger charge is 2.20. The summed E-state index contributed by atoms with van der Waals surface area (Å²) < 4.78 is 30.7. The van der Waals surface area contributed by atoms with Gasteiger partial charge in [0.15, 0.2) is 9.84 Å². The molecule has 176 valence electrons. The van der Waals surface area contributed by atoms with E-state index < -0.39 is 15.1 Å². The normalized spacial score (nSPS) is 12.0. The van der Waals surface area contributed by atoms with E-state index in [1.54, 1.807) is 44.3 Å². The molecule has 0 aliphatic rings. The van der Waals surface area contributed by atoms with E-state index in [0.29, 0.717) is 23.0 Å². The van der Waals surface area contributed by atoms with Gasteiger partial charge in [0.2, 0.25) is 5.89 Å². The average molecular weight is 478 g/mol. The molecule has 0 aliphatic heterocycles. The van der Waals surface area contributed by atoms with Gasteiger partial charge >= 0.3 is 0 Å². The quantitative estimate of drug-likeness (QED) is 0.386. The minimum atomic E-state index is -3.34. The third-order valence-corrected chi connectivity index (χ3v) is 7.55. The highest BCUT2D eigenvalue weighted by molar-refractivity contribution is 7.92. The fourth-order valence-corrected chi connectivity index (χ4v) is 4.49. The molecule has 0 atom stereocenters. The summed E-state index contributed by atoms with van der Waals surface area (Å²) in [6, 6.07) is 14.6. The van der Waals surface area contributed by atoms with Crippen LogP contribution in [-0.4, -0.2) is 52.8 Å². The van der Waals surface area contributed by atoms with Crippen molar-refractivity contribution in [3.05, 3.63) is 66.0 Å². The van der Waals surface area contributed by atoms with Crippen molar-refractivity contribution in [3.8, 4) is 34.3 Å². The van der Waals surface area contributed by atoms with Gasteiger partial charge in [-0.2, -0.15) is 0 Å². The fraction of sp³-hybridized carbons (Fsp3) is 0.280. The lowest BCUT2D eigenvalue weighted by molar-refractivity contribution is 0.402. The molecule has 0 spiro atoms. The Labute approximate surface area is 199 Å². The van der Waals surface area contributed by atoms with Crippen molar-refractivity contribution in [3.63, 3.8) is 0 Å². The van der Waals surface area contributed by atoms with Crippen molar-refractivity contribution in [1.82, 2.24) is 25.1 Å². The molecule has 4 rings (SSSR count). The molecule has 4 aromatic rings. The summed E-state index contributed by atoms with van der Waals surface area (Å²) >= 11 is 0. The van der Waals surface area contributed by atoms with Crippen LogP contribution in [0.3, 0.4) is 0 Å². The van der Waals surface area contributed by atoms with Crippen LogP contribution in [0, 0.1) is 6.92 Å². The van der Waals surface area contributed by atoms with E-state index in [4.69, 9.17) is 4.42 Å². The van der Waals surface area contributed by atoms with Gasteiger partial charge in [0.1, 0.15) is 5.69 Å². The Morgan fingerprint density at radius 3 is 2.15 bits per heavy atom. The SMILES string of the molecule is Cc1ncc(-c2ccc(S(=O)(=O)C(C)C)cc2)nc1-c1nnc(-c2ccc(CN(C)C)cc2)o1. The van der Waals surface area contributed by atoms with Gasteiger partial charge in [0, 0.05) is 17.7 Å². The zero-order valence-corrected chi connectivity index (χ0v) is 20.7. The van der Waals surface area contributed by atoms with Gasteiger partial charge in [-0.25, -0.2) is 13.4 Å². The Morgan fingerprint density at radius 1 is 0.912 bits per heavy atom. The zero-order chi connectivity index (χ0) is 24.5. The highest BCUT2D eigenvalue weighted by Crippen LogP contribution is 2.27. The van der Waals surface area contributed by atoms with E-state index in [0.717, 1.165) is 17.7 Å². The molecule has 2 aromatic carbocycles. The molecule has 0 radical (unpaired) electrons. The van der Waals surface area contributed by atoms with Crippen molar-refractivity contribution in [2.75, 3.05) is 14.1 Å². The van der Waals surface area contributed by atoms with Crippen LogP contribution in [0.4, 0.5) is 0 Å². The van der Waals surface area contributed by atoms with E-state index in [1.807, 2.05) is 45.3 Å². The lowest BCUT2D eigenvalue weighted by Gasteiger charge is -2.09. The standard InChI is InChI=1S/C25H27N5O3S/c1-16(2)34(31,32)21-12-10-19(11-13-21)22-14-26-17(3)23(27-22)25-29-28-24(33-25)20-8-6-18(7-9-20)15-30(4)5/h6-14,16H,15H2,1-5H3. The van der Waals surface area contributed by atoms with Crippen LogP contribution in [0.2, 0.25) is 0 Å². The Balaban J connectivity index is 1.62. The van der Waals surface area contributed by atoms with Crippen molar-refractivity contribution < 1.29 is 12.8 Å². The van der Waals surface area contributed by atoms with Crippen molar-refractivity contribution in [1.29, 1.82) is 0 Å². The van der Waals surface area contributed by atoms with Gasteiger partial charge in [0.05, 0.1) is 27.7 Å². The van der Waals surface area contributed by atoms with Gasteiger partial charge in [-0.05, 0) is 64.7 Å². The average Bonchev–Trinajstić information content (AvgIpc) is 3.29. The van der Waals surface area contributed by atoms with Crippen LogP contribution in [0.15, 0.2) is 64.0 Å². The van der Waals surface area contributed by atoms with Gasteiger partial charge in [0.25, 0.3) is 5.89 Å². The van der Waals surface area contributed by atoms with Crippen LogP contribution >= 0.6 is 0 Å². The first-order chi connectivity index (χ1) is 16.1. The van der Waals surface area contributed by atoms with Crippen molar-refractivity contribution in [2.45, 2.75) is 37.5 Å². The van der Waals surface area contributed by atoms with Crippen molar-refractivity contribution >= 4 is 9.84 Å². The molecule has 0 bridgehead atoms. The lowest BCUT2D eigenvalue weighted by Crippen LogP contribution is -2.13. The zero-order valence-electron chi connectivity index (χ0n) is 19.8. The minimum Gasteiger partial charge on any atom is -0.415 e. The van der Waals surface area contributed by atoms with Crippen LogP contribution in [0.5, 0.6) is 0 Å². The molecule has 0 aliphatic carbocycles. The maximum absolute atomic E-state index is 12.4. The van der Waals surface area contributed by atoms with Crippen LogP contribution in [0.25, 0.3) is 34.3 Å². The van der Waals surface area contributed by atoms with Gasteiger partial charge in [-0.1, -0.05) is 24.3 Å². The van der Waals surface area contributed by atoms with E-state index in [2.05, 4.69) is 25.1 Å². The third-order valence-electron chi connectivity index (χ3n) is 5.38. The second-order valence-electron chi connectivity index (χ2n) is 8.65. The molecule has 0 unspecified atom stereocenters. The Hall–Kier alpha value is -3.43. The molecular weight excluding hydrogens is 450 g/mol. The summed E-state index contributed by atoms with van der Waals surface area (Å²) in [6.07, 6.45) is 1.64. The number of aryl methyl sites for hydroxylation is 1. The number of hydrogen-bond donors (Lipinski definition) is 0. The molecule has 2 aromatic heterocycles. The van der Waals surface area contributed by atoms with Crippen LogP contribution in [-0.2, 0) is 16.4 Å². The second kappa shape index (κ2) is 9.44. The summed E-state index contributed by atoms with van der Waals surface area (Å²) in [5.41, 5.74) is 4.48. The number of aromatic nitrogens is 4. The number of benzene rings is 2. The first kappa shape index (κ1) is 23.7. The number of sulfone groups is 1. The Kier molecular flexibility index (Phi) is 6.58. The van der Waals surface area contributed by atoms with Gasteiger partial charge in [-0.3, -0.25) is 4.98 Å². The van der Waals surface area contributed by atoms with Crippen molar-refractivity contribution in [2.24, 2.45) is 0 Å². The molecular formula is C25H27N5O3S. The predicted octanol–water partition coefficient (Wildman–Crippen LogP) is 4.41. The molecule has 34 heavy (non-hydrogen) atoms. The predicted molar refractivity (Wildman–Crippen MR) is 131 cm³/mol. The maximum Gasteiger partial charge on any atom is 0.268 e. The summed E-state index contributed by atoms with van der Waals surface area (Å²) in [4.78, 5) is 11.5. The molecule has 8 nitrogen and oxygen atoms in total. The number of rotatable bonds is 7. The minimum absolute atomic E-state index is 0.276. The Bertz CT molecular complexity index is 1390. The van der Waals surface area contributed by atoms with Crippen LogP contribution in [0.1, 0.15) is 25.1 Å². The highest BCUT2D eigenvalue weighted by atomic mass is 32.2. The summed E-state index contributed by atoms with van der Waals surface area (Å²) in [7, 11) is 0.713. The number of hydrogen-bond acceptors (Lipinski definition) is 8. The Morgan fingerprint density at radius 2 is 1.53 bits per heavy atom. The molecule has 0 amide bonds. The first-order valence-corrected chi connectivity index (χ1v) is 12.5. The fourth-order valence-electron chi connectivity index (χ4n) is 3.43. The molecule has 2 heterocycles. The summed E-state index contributed by atoms with van der Waals surface area (Å²) in [5, 5.41) is 7.89. The van der Waals surface area contributed by atoms with E-state index in [9.17, 15) is 8.42 Å². The summed E-state index contributed by atoms with van der Waals surface area (Å²) in [6.45, 7) is 6.00. The molecule has 9 heteroatoms. The van der Waals surface area contributed by atoms with Crippen LogP contribution < -0.4 is 0 Å². The van der Waals surface area contributed by atoms with E-state index in [-0.39, 0.29) is 10.8 Å². The molecule has 0 saturated carbocycles. The monoisotopic (exact) mass is 477 g/mol. The maximum atomic E-state index is 12.4. The van der Waals surface area contributed by atoms with Gasteiger partial charge < -0.3 is 9.32 Å². The topological polar surface area (TPSA) is 102 Å². The largest absolute Gasteiger partial charge is 0.415 e.